The van der Waals surface area contributed by atoms with Crippen LogP contribution < -0.4 is 60.6 Å². The first kappa shape index (κ1) is 78.4. The zero-order valence-corrected chi connectivity index (χ0v) is 64.3. The molecule has 27 heteroatoms. The van der Waals surface area contributed by atoms with E-state index in [9.17, 15) is 48.3 Å². The van der Waals surface area contributed by atoms with Crippen LogP contribution in [0.1, 0.15) is 121 Å². The molecule has 110 heavy (non-hydrogen) atoms. The molecule has 2 fully saturated rings. The molecule has 5 heterocycles. The Morgan fingerprint density at radius 3 is 2.12 bits per heavy atom. The van der Waals surface area contributed by atoms with E-state index in [1.807, 2.05) is 79.0 Å². The molecule has 12 rings (SSSR count). The number of methoxy groups -OCH3 is 2. The number of fused-ring (bicyclic) bond motifs is 6. The lowest BCUT2D eigenvalue weighted by Gasteiger charge is -2.35. The maximum absolute atomic E-state index is 14.8. The standard InChI is InChI=1S/C83H96N10O16Si/c1-51(2)74(89-72(96)46-86-71(95)45-85-70(94)32-33-73(97)91-47-57-18-11-10-16-54(57)22-23-56-17-12-13-19-66(56)91)78(99)87-52(3)77(98)88-59-26-20-53(21-27-59)49-109-82(103)93-67-41-62(30-31-63(67)79(100)92-50-83(34-35-83)76(75(92)81(93)102)108-38-39-110(6,7)8)106-36-14-9-15-37-107-69-43-65-64(42-68(69)105-5)80(101)90-48-58(40-60(90)44-84-65)55-24-28-61(104-4)29-25-55/h10-13,16-21,24-31,41-43,48,51-52,60,74-76,81,84,102H,9,14-15,32-40,44-47,49-50H2,1-8H3,(H,85,94)(H,86,95)(H,87,99)(H,88,98)(H,89,96)/t52-,60-,74-,75-,76?,81?/m0/s1. The van der Waals surface area contributed by atoms with Crippen molar-refractivity contribution in [3.8, 4) is 34.8 Å². The average Bonchev–Trinajstić information content (AvgIpc) is 1.54. The number of carbonyl (C=O) groups excluding carboxylic acids is 9. The van der Waals surface area contributed by atoms with Crippen molar-refractivity contribution in [2.45, 2.75) is 147 Å². The van der Waals surface area contributed by atoms with E-state index in [1.54, 1.807) is 97.4 Å². The molecule has 0 bridgehead atoms. The lowest BCUT2D eigenvalue weighted by Crippen LogP contribution is -2.55. The highest BCUT2D eigenvalue weighted by molar-refractivity contribution is 6.76. The molecule has 1 saturated heterocycles. The van der Waals surface area contributed by atoms with E-state index in [4.69, 9.17) is 28.4 Å². The smallest absolute Gasteiger partial charge is 0.416 e. The van der Waals surface area contributed by atoms with Crippen LogP contribution in [-0.4, -0.2) is 173 Å². The van der Waals surface area contributed by atoms with Gasteiger partial charge in [-0.15, -0.1) is 0 Å². The highest BCUT2D eigenvalue weighted by atomic mass is 28.3. The van der Waals surface area contributed by atoms with Crippen LogP contribution in [0, 0.1) is 23.2 Å². The number of nitrogens with one attached hydrogen (secondary N) is 6. The molecule has 7 N–H and O–H groups in total. The minimum absolute atomic E-state index is 0.0740. The average molecular weight is 1520 g/mol. The summed E-state index contributed by atoms with van der Waals surface area (Å²) in [7, 11) is 1.62. The van der Waals surface area contributed by atoms with E-state index in [1.165, 1.54) is 6.92 Å². The van der Waals surface area contributed by atoms with Crippen molar-refractivity contribution in [1.29, 1.82) is 0 Å². The van der Waals surface area contributed by atoms with Crippen LogP contribution in [-0.2, 0) is 51.4 Å². The highest BCUT2D eigenvalue weighted by Gasteiger charge is 2.65. The number of hydrogen-bond donors (Lipinski definition) is 7. The van der Waals surface area contributed by atoms with Gasteiger partial charge in [0.05, 0.1) is 87.4 Å². The van der Waals surface area contributed by atoms with Gasteiger partial charge in [0.15, 0.2) is 17.7 Å². The zero-order chi connectivity index (χ0) is 78.0. The van der Waals surface area contributed by atoms with Gasteiger partial charge in [-0.25, -0.2) is 9.69 Å². The second-order valence-corrected chi connectivity index (χ2v) is 35.8. The molecule has 0 radical (unpaired) electrons. The minimum atomic E-state index is -1.58. The van der Waals surface area contributed by atoms with Crippen LogP contribution in [0.2, 0.25) is 25.7 Å². The van der Waals surface area contributed by atoms with Gasteiger partial charge in [0.1, 0.15) is 36.2 Å². The summed E-state index contributed by atoms with van der Waals surface area (Å²) in [6.07, 6.45) is 2.85. The molecule has 1 saturated carbocycles. The first-order valence-corrected chi connectivity index (χ1v) is 41.2. The first-order valence-electron chi connectivity index (χ1n) is 37.5. The Hall–Kier alpha value is -11.2. The minimum Gasteiger partial charge on any atom is -0.497 e. The number of unbranched alkanes of at least 4 members (excludes halogenated alkanes) is 2. The zero-order valence-electron chi connectivity index (χ0n) is 63.3. The van der Waals surface area contributed by atoms with Gasteiger partial charge in [0, 0.05) is 81.2 Å². The molecule has 6 aromatic rings. The van der Waals surface area contributed by atoms with Crippen molar-refractivity contribution < 1.29 is 76.7 Å². The van der Waals surface area contributed by atoms with Crippen LogP contribution in [0.5, 0.6) is 23.0 Å². The number of hydrogen-bond acceptors (Lipinski definition) is 17. The molecule has 5 aliphatic heterocycles. The van der Waals surface area contributed by atoms with E-state index < -0.39 is 93.2 Å². The second-order valence-electron chi connectivity index (χ2n) is 30.2. The van der Waals surface area contributed by atoms with Gasteiger partial charge in [-0.3, -0.25) is 38.4 Å². The van der Waals surface area contributed by atoms with Crippen LogP contribution in [0.15, 0.2) is 134 Å². The van der Waals surface area contributed by atoms with Crippen molar-refractivity contribution in [2.24, 2.45) is 11.3 Å². The number of rotatable bonds is 30. The number of benzene rings is 6. The molecule has 1 aliphatic carbocycles. The third-order valence-corrected chi connectivity index (χ3v) is 22.4. The Kier molecular flexibility index (Phi) is 24.6. The normalized spacial score (nSPS) is 18.2. The van der Waals surface area contributed by atoms with E-state index in [2.05, 4.69) is 63.4 Å². The SMILES string of the molecule is COc1ccc(C2=CN3C(=O)c4cc(OC)c(OCCCCCOc5ccc6c(c5)N(C(=O)OCc5ccc(NC(=O)[C@H](C)NC(=O)[C@@H](NC(=O)CNC(=O)CNC(=O)CCC(=O)N7Cc8ccccc8C#Cc8ccccc87)C(C)C)cc5)C(O)[C@@H]5C(OCC[Si](C)(C)C)C7(CC7)CN5C6=O)cc4NC[C@@H]3C2)cc1. The van der Waals surface area contributed by atoms with E-state index in [-0.39, 0.29) is 73.0 Å². The lowest BCUT2D eigenvalue weighted by molar-refractivity contribution is -0.132. The van der Waals surface area contributed by atoms with Gasteiger partial charge in [0.25, 0.3) is 11.8 Å². The van der Waals surface area contributed by atoms with Gasteiger partial charge in [0.2, 0.25) is 35.4 Å². The van der Waals surface area contributed by atoms with Gasteiger partial charge in [-0.1, -0.05) is 99.9 Å². The van der Waals surface area contributed by atoms with Crippen molar-refractivity contribution in [3.63, 3.8) is 0 Å². The maximum Gasteiger partial charge on any atom is 0.416 e. The fourth-order valence-corrected chi connectivity index (χ4v) is 15.0. The third kappa shape index (κ3) is 18.6. The van der Waals surface area contributed by atoms with Crippen molar-refractivity contribution in [1.82, 2.24) is 31.1 Å². The Bertz CT molecular complexity index is 4570. The summed E-state index contributed by atoms with van der Waals surface area (Å²) in [6, 6.07) is 35.2. The molecule has 0 aromatic heterocycles. The molecule has 6 atom stereocenters. The monoisotopic (exact) mass is 1520 g/mol. The topological polar surface area (TPSA) is 314 Å². The van der Waals surface area contributed by atoms with Crippen molar-refractivity contribution in [2.75, 3.05) is 80.7 Å². The van der Waals surface area contributed by atoms with E-state index >= 15 is 0 Å². The largest absolute Gasteiger partial charge is 0.497 e. The molecule has 1 spiro atoms. The van der Waals surface area contributed by atoms with Crippen LogP contribution >= 0.6 is 0 Å². The molecule has 26 nitrogen and oxygen atoms in total. The number of ether oxygens (including phenoxy) is 6. The molecule has 2 unspecified atom stereocenters. The maximum atomic E-state index is 14.8. The Morgan fingerprint density at radius 1 is 0.691 bits per heavy atom. The van der Waals surface area contributed by atoms with Gasteiger partial charge in [-0.05, 0) is 140 Å². The summed E-state index contributed by atoms with van der Waals surface area (Å²) >= 11 is 0. The first-order chi connectivity index (χ1) is 52.9. The van der Waals surface area contributed by atoms with Gasteiger partial charge in [-0.2, -0.15) is 0 Å². The summed E-state index contributed by atoms with van der Waals surface area (Å²) in [4.78, 5) is 129. The number of aliphatic hydroxyl groups excluding tert-OH is 1. The van der Waals surface area contributed by atoms with Crippen molar-refractivity contribution in [3.05, 3.63) is 173 Å². The molecule has 578 valence electrons. The van der Waals surface area contributed by atoms with Gasteiger partial charge >= 0.3 is 6.09 Å². The van der Waals surface area contributed by atoms with E-state index in [0.717, 1.165) is 51.8 Å². The Labute approximate surface area is 641 Å². The number of amides is 9. The summed E-state index contributed by atoms with van der Waals surface area (Å²) in [5, 5.41) is 29.1. The predicted molar refractivity (Wildman–Crippen MR) is 416 cm³/mol. The molecule has 6 aromatic carbocycles. The van der Waals surface area contributed by atoms with Crippen molar-refractivity contribution >= 4 is 89.7 Å². The summed E-state index contributed by atoms with van der Waals surface area (Å²) in [5.74, 6) is 3.99. The third-order valence-electron chi connectivity index (χ3n) is 20.7. The summed E-state index contributed by atoms with van der Waals surface area (Å²) in [6.45, 7) is 12.6. The van der Waals surface area contributed by atoms with Crippen LogP contribution in [0.4, 0.5) is 27.5 Å². The number of para-hydroxylation sites is 1. The number of aliphatic hydroxyl groups is 1. The summed E-state index contributed by atoms with van der Waals surface area (Å²) < 4.78 is 36.3. The van der Waals surface area contributed by atoms with Crippen LogP contribution in [0.25, 0.3) is 5.57 Å². The lowest BCUT2D eigenvalue weighted by atomic mass is 9.97. The fourth-order valence-electron chi connectivity index (χ4n) is 14.3. The number of anilines is 4. The number of nitrogens with zero attached hydrogens (tertiary/aromatic N) is 4. The van der Waals surface area contributed by atoms with Crippen LogP contribution in [0.3, 0.4) is 0 Å². The summed E-state index contributed by atoms with van der Waals surface area (Å²) in [5.41, 5.74) is 7.03. The quantitative estimate of drug-likeness (QED) is 0.0125. The molecule has 9 amide bonds. The number of carbonyl (C=O) groups is 9. The van der Waals surface area contributed by atoms with E-state index in [0.29, 0.717) is 103 Å². The highest BCUT2D eigenvalue weighted by Crippen LogP contribution is 2.58. The molecular formula is C83H96N10O16Si. The Morgan fingerprint density at radius 2 is 1.39 bits per heavy atom. The molecular weight excluding hydrogens is 1420 g/mol. The van der Waals surface area contributed by atoms with Gasteiger partial charge < -0.3 is 80.1 Å². The molecule has 6 aliphatic rings. The second kappa shape index (κ2) is 34.6. The fraction of sp³-hybridized carbons (Fsp3) is 0.410. The Balaban J connectivity index is 0.610. The predicted octanol–water partition coefficient (Wildman–Crippen LogP) is 9.36.